The average molecular weight is 971 g/mol. The van der Waals surface area contributed by atoms with Gasteiger partial charge in [0.15, 0.2) is 0 Å². The predicted octanol–water partition coefficient (Wildman–Crippen LogP) is -4.49. The Balaban J connectivity index is 1.66. The Morgan fingerprint density at radius 3 is 1.77 bits per heavy atom. The fourth-order valence-corrected chi connectivity index (χ4v) is 7.21. The molecule has 0 saturated carbocycles. The summed E-state index contributed by atoms with van der Waals surface area (Å²) in [5, 5.41) is 67.0. The number of aromatic hydroxyl groups is 1. The van der Waals surface area contributed by atoms with Crippen molar-refractivity contribution in [1.82, 2.24) is 42.1 Å². The first-order chi connectivity index (χ1) is 32.7. The molecule has 16 N–H and O–H groups in total. The second-order valence-corrected chi connectivity index (χ2v) is 16.8. The molecule has 0 radical (unpaired) electrons. The van der Waals surface area contributed by atoms with E-state index in [1.807, 2.05) is 0 Å². The highest BCUT2D eigenvalue weighted by molar-refractivity contribution is 5.98. The molecule has 24 nitrogen and oxygen atoms in total. The second-order valence-electron chi connectivity index (χ2n) is 16.8. The van der Waals surface area contributed by atoms with E-state index in [0.717, 1.165) is 4.90 Å². The third-order valence-corrected chi connectivity index (χ3v) is 11.2. The van der Waals surface area contributed by atoms with Crippen LogP contribution in [-0.2, 0) is 56.0 Å². The molecular weight excluding hydrogens is 905 g/mol. The van der Waals surface area contributed by atoms with E-state index in [1.54, 1.807) is 30.3 Å². The average Bonchev–Trinajstić information content (AvgIpc) is 3.81. The Labute approximate surface area is 398 Å². The highest BCUT2D eigenvalue weighted by atomic mass is 16.4. The fourth-order valence-electron chi connectivity index (χ4n) is 7.21. The first kappa shape index (κ1) is 56.6. The van der Waals surface area contributed by atoms with Gasteiger partial charge in [-0.05, 0) is 82.7 Å². The molecule has 2 aromatic rings. The van der Waals surface area contributed by atoms with Gasteiger partial charge in [-0.15, -0.1) is 0 Å². The van der Waals surface area contributed by atoms with Crippen molar-refractivity contribution in [3.63, 3.8) is 0 Å². The number of hydrogen-bond acceptors (Lipinski definition) is 15. The van der Waals surface area contributed by atoms with Crippen LogP contribution in [0.3, 0.4) is 0 Å². The Kier molecular flexibility index (Phi) is 22.9. The molecular formula is C45H66N10O14. The molecule has 1 saturated heterocycles. The number of phenols is 1. The molecule has 24 heteroatoms. The lowest BCUT2D eigenvalue weighted by Crippen LogP contribution is -2.61. The van der Waals surface area contributed by atoms with Gasteiger partial charge in [0.1, 0.15) is 54.1 Å². The maximum absolute atomic E-state index is 13.7. The van der Waals surface area contributed by atoms with Crippen LogP contribution >= 0.6 is 0 Å². The summed E-state index contributed by atoms with van der Waals surface area (Å²) in [6, 6.07) is 1.70. The second kappa shape index (κ2) is 27.9. The van der Waals surface area contributed by atoms with Gasteiger partial charge in [-0.1, -0.05) is 42.5 Å². The number of aliphatic hydroxyl groups excluding tert-OH is 3. The third-order valence-electron chi connectivity index (χ3n) is 11.2. The summed E-state index contributed by atoms with van der Waals surface area (Å²) in [4.78, 5) is 120. The Morgan fingerprint density at radius 1 is 0.652 bits per heavy atom. The Bertz CT molecular complexity index is 2080. The van der Waals surface area contributed by atoms with E-state index in [-0.39, 0.29) is 50.9 Å². The maximum Gasteiger partial charge on any atom is 0.326 e. The summed E-state index contributed by atoms with van der Waals surface area (Å²) in [7, 11) is 0. The molecule has 1 aliphatic heterocycles. The number of carboxylic acid groups (broad SMARTS) is 1. The van der Waals surface area contributed by atoms with Crippen molar-refractivity contribution in [3.05, 3.63) is 65.7 Å². The summed E-state index contributed by atoms with van der Waals surface area (Å²) >= 11 is 0. The number of rotatable bonds is 27. The number of carbonyl (C=O) groups is 9. The molecule has 10 atom stereocenters. The highest BCUT2D eigenvalue weighted by Crippen LogP contribution is 2.19. The van der Waals surface area contributed by atoms with Gasteiger partial charge in [0, 0.05) is 19.4 Å². The van der Waals surface area contributed by atoms with Crippen molar-refractivity contribution < 1.29 is 68.7 Å². The first-order valence-corrected chi connectivity index (χ1v) is 22.5. The van der Waals surface area contributed by atoms with Crippen LogP contribution in [0, 0.1) is 0 Å². The number of benzene rings is 2. The van der Waals surface area contributed by atoms with E-state index in [2.05, 4.69) is 37.2 Å². The summed E-state index contributed by atoms with van der Waals surface area (Å²) in [6.07, 6.45) is -0.597. The molecule has 1 heterocycles. The third kappa shape index (κ3) is 17.7. The Hall–Kier alpha value is -6.73. The number of likely N-dealkylation sites (tertiary alicyclic amines) is 1. The van der Waals surface area contributed by atoms with E-state index < -0.39 is 127 Å². The van der Waals surface area contributed by atoms with Crippen molar-refractivity contribution in [1.29, 1.82) is 0 Å². The van der Waals surface area contributed by atoms with Gasteiger partial charge in [-0.25, -0.2) is 4.79 Å². The minimum atomic E-state index is -1.68. The lowest BCUT2D eigenvalue weighted by atomic mass is 10.0. The number of carboxylic acids is 1. The number of nitrogens with one attached hydrogen (secondary N) is 7. The molecule has 3 rings (SSSR count). The van der Waals surface area contributed by atoms with Crippen LogP contribution in [0.25, 0.3) is 0 Å². The number of nitrogens with zero attached hydrogens (tertiary/aromatic N) is 1. The minimum Gasteiger partial charge on any atom is -0.508 e. The van der Waals surface area contributed by atoms with Gasteiger partial charge < -0.3 is 79.1 Å². The van der Waals surface area contributed by atoms with Crippen LogP contribution in [0.15, 0.2) is 54.6 Å². The molecule has 0 aliphatic carbocycles. The summed E-state index contributed by atoms with van der Waals surface area (Å²) in [5.74, 6) is -8.54. The zero-order valence-electron chi connectivity index (χ0n) is 38.8. The normalized spacial score (nSPS) is 17.2. The molecule has 1 fully saturated rings. The smallest absolute Gasteiger partial charge is 0.326 e. The van der Waals surface area contributed by atoms with Crippen LogP contribution in [-0.4, -0.2) is 170 Å². The molecule has 2 aromatic carbocycles. The first-order valence-electron chi connectivity index (χ1n) is 22.5. The van der Waals surface area contributed by atoms with Crippen LogP contribution in [0.2, 0.25) is 0 Å². The van der Waals surface area contributed by atoms with E-state index in [1.165, 1.54) is 45.0 Å². The van der Waals surface area contributed by atoms with Crippen molar-refractivity contribution >= 4 is 53.2 Å². The van der Waals surface area contributed by atoms with E-state index in [9.17, 15) is 68.7 Å². The van der Waals surface area contributed by atoms with Crippen LogP contribution in [0.1, 0.15) is 64.0 Å². The molecule has 69 heavy (non-hydrogen) atoms. The largest absolute Gasteiger partial charge is 0.508 e. The van der Waals surface area contributed by atoms with Crippen molar-refractivity contribution in [2.24, 2.45) is 11.5 Å². The van der Waals surface area contributed by atoms with Gasteiger partial charge in [-0.2, -0.15) is 0 Å². The summed E-state index contributed by atoms with van der Waals surface area (Å²) < 4.78 is 0. The molecule has 0 unspecified atom stereocenters. The monoisotopic (exact) mass is 970 g/mol. The fraction of sp³-hybridized carbons (Fsp3) is 0.533. The van der Waals surface area contributed by atoms with Crippen molar-refractivity contribution in [2.45, 2.75) is 126 Å². The van der Waals surface area contributed by atoms with Crippen LogP contribution in [0.4, 0.5) is 0 Å². The number of hydrogen-bond donors (Lipinski definition) is 14. The number of unbranched alkanes of at least 4 members (excludes halogenated alkanes) is 1. The van der Waals surface area contributed by atoms with Gasteiger partial charge in [0.25, 0.3) is 0 Å². The van der Waals surface area contributed by atoms with Gasteiger partial charge >= 0.3 is 5.97 Å². The topological polar surface area (TPSA) is 394 Å². The molecule has 0 bridgehead atoms. The van der Waals surface area contributed by atoms with E-state index in [0.29, 0.717) is 24.0 Å². The molecule has 8 amide bonds. The maximum atomic E-state index is 13.7. The minimum absolute atomic E-state index is 0.0327. The molecule has 380 valence electrons. The van der Waals surface area contributed by atoms with Crippen LogP contribution < -0.4 is 48.7 Å². The van der Waals surface area contributed by atoms with Gasteiger partial charge in [0.2, 0.25) is 47.3 Å². The number of phenolic OH excluding ortho intramolecular Hbond substituents is 1. The lowest BCUT2D eigenvalue weighted by Gasteiger charge is -2.30. The number of nitrogens with two attached hydrogens (primary N) is 2. The van der Waals surface area contributed by atoms with Gasteiger partial charge in [0.05, 0.1) is 25.4 Å². The van der Waals surface area contributed by atoms with E-state index in [4.69, 9.17) is 11.5 Å². The van der Waals surface area contributed by atoms with Crippen LogP contribution in [0.5, 0.6) is 5.75 Å². The summed E-state index contributed by atoms with van der Waals surface area (Å²) in [6.45, 7) is 2.26. The van der Waals surface area contributed by atoms with Gasteiger partial charge in [-0.3, -0.25) is 38.4 Å². The van der Waals surface area contributed by atoms with Crippen molar-refractivity contribution in [3.8, 4) is 5.75 Å². The van der Waals surface area contributed by atoms with Crippen molar-refractivity contribution in [2.75, 3.05) is 26.3 Å². The zero-order chi connectivity index (χ0) is 51.4. The zero-order valence-corrected chi connectivity index (χ0v) is 38.8. The summed E-state index contributed by atoms with van der Waals surface area (Å²) in [5.41, 5.74) is 12.4. The lowest BCUT2D eigenvalue weighted by molar-refractivity contribution is -0.143. The quantitative estimate of drug-likeness (QED) is 0.0375. The number of amides is 8. The number of carbonyl (C=O) groups excluding carboxylic acids is 8. The molecule has 0 spiro atoms. The Morgan fingerprint density at radius 2 is 1.19 bits per heavy atom. The predicted molar refractivity (Wildman–Crippen MR) is 246 cm³/mol. The molecule has 0 aromatic heterocycles. The van der Waals surface area contributed by atoms with E-state index >= 15 is 0 Å². The molecule has 1 aliphatic rings. The number of aliphatic hydroxyl groups is 3. The standard InChI is InChI=1S/C45H66N10O14/c1-24(47)37(60)50-31(20-28-14-16-29(59)17-15-28)40(63)53-34(23-57)44(67)55-19-9-13-35(55)42(65)48-25(2)38(61)52-33(22-56)41(64)49-30(12-7-8-18-46)39(62)54-36(26(3)58)43(66)51-32(45(68)69)21-27-10-5-4-6-11-27/h4-6,10-11,14-17,24-26,30-36,56-59H,7-9,12-13,18-23,46-47H2,1-3H3,(H,48,65)(H,49,64)(H,50,60)(H,51,66)(H,52,61)(H,53,63)(H,54,62)(H,68,69)/t24-,25-,26+,30-,31-,32-,33-,34-,35-,36-/m0/s1. The SMILES string of the molecule is C[C@H](N)C(=O)N[C@@H](Cc1ccc(O)cc1)C(=O)N[C@@H](CO)C(=O)N1CCC[C@H]1C(=O)N[C@@H](C)C(=O)N[C@@H](CO)C(=O)N[C@@H](CCCCN)C(=O)N[C@H](C(=O)N[C@@H](Cc1ccccc1)C(=O)O)[C@@H](C)O. The highest BCUT2D eigenvalue weighted by Gasteiger charge is 2.40. The number of aliphatic carboxylic acids is 1.